The van der Waals surface area contributed by atoms with E-state index in [1.165, 1.54) is 18.2 Å². The van der Waals surface area contributed by atoms with Crippen molar-refractivity contribution in [1.82, 2.24) is 0 Å². The smallest absolute Gasteiger partial charge is 0.228 e. The second kappa shape index (κ2) is 5.29. The third kappa shape index (κ3) is 3.53. The quantitative estimate of drug-likeness (QED) is 0.888. The fraction of sp³-hybridized carbons (Fsp3) is 0.500. The Morgan fingerprint density at radius 2 is 1.95 bits per heavy atom. The number of hydrogen-bond acceptors (Lipinski definition) is 4. The van der Waals surface area contributed by atoms with Gasteiger partial charge in [0, 0.05) is 6.04 Å². The molecule has 1 heterocycles. The zero-order valence-electron chi connectivity index (χ0n) is 11.4. The van der Waals surface area contributed by atoms with Gasteiger partial charge in [-0.2, -0.15) is 0 Å². The summed E-state index contributed by atoms with van der Waals surface area (Å²) < 4.78 is 36.2. The molecule has 114 valence electrons. The van der Waals surface area contributed by atoms with Crippen molar-refractivity contribution in [3.05, 3.63) is 24.0 Å². The summed E-state index contributed by atoms with van der Waals surface area (Å²) in [5, 5.41) is 5.88. The molecule has 2 aliphatic rings. The number of anilines is 2. The SMILES string of the molecule is O=C(Nc1ccc(F)cc1NC1CC1)[C@@H]1CCS(=O)(=O)C1. The summed E-state index contributed by atoms with van der Waals surface area (Å²) in [6.07, 6.45) is 2.41. The highest BCUT2D eigenvalue weighted by Crippen LogP contribution is 2.31. The van der Waals surface area contributed by atoms with E-state index in [4.69, 9.17) is 0 Å². The van der Waals surface area contributed by atoms with Gasteiger partial charge in [-0.05, 0) is 37.5 Å². The van der Waals surface area contributed by atoms with Crippen LogP contribution in [0.2, 0.25) is 0 Å². The van der Waals surface area contributed by atoms with Gasteiger partial charge >= 0.3 is 0 Å². The molecule has 1 aromatic rings. The maximum Gasteiger partial charge on any atom is 0.228 e. The first kappa shape index (κ1) is 14.3. The largest absolute Gasteiger partial charge is 0.381 e. The van der Waals surface area contributed by atoms with E-state index < -0.39 is 15.8 Å². The van der Waals surface area contributed by atoms with Crippen LogP contribution in [-0.2, 0) is 14.6 Å². The number of halogens is 1. The monoisotopic (exact) mass is 312 g/mol. The van der Waals surface area contributed by atoms with E-state index in [-0.39, 0.29) is 23.2 Å². The van der Waals surface area contributed by atoms with Gasteiger partial charge in [-0.3, -0.25) is 4.79 Å². The van der Waals surface area contributed by atoms with Crippen LogP contribution >= 0.6 is 0 Å². The van der Waals surface area contributed by atoms with Gasteiger partial charge in [0.2, 0.25) is 5.91 Å². The highest BCUT2D eigenvalue weighted by molar-refractivity contribution is 7.91. The third-order valence-electron chi connectivity index (χ3n) is 3.78. The van der Waals surface area contributed by atoms with Crippen LogP contribution in [0.3, 0.4) is 0 Å². The van der Waals surface area contributed by atoms with Gasteiger partial charge in [-0.1, -0.05) is 0 Å². The number of rotatable bonds is 4. The van der Waals surface area contributed by atoms with Crippen molar-refractivity contribution in [2.24, 2.45) is 5.92 Å². The van der Waals surface area contributed by atoms with Crippen molar-refractivity contribution in [2.75, 3.05) is 22.1 Å². The molecular weight excluding hydrogens is 295 g/mol. The molecule has 1 aliphatic carbocycles. The molecule has 2 fully saturated rings. The van der Waals surface area contributed by atoms with Crippen LogP contribution in [0.1, 0.15) is 19.3 Å². The van der Waals surface area contributed by atoms with Crippen LogP contribution in [0, 0.1) is 11.7 Å². The predicted molar refractivity (Wildman–Crippen MR) is 78.4 cm³/mol. The predicted octanol–water partition coefficient (Wildman–Crippen LogP) is 1.77. The van der Waals surface area contributed by atoms with Crippen molar-refractivity contribution in [3.8, 4) is 0 Å². The Morgan fingerprint density at radius 3 is 2.57 bits per heavy atom. The molecule has 0 bridgehead atoms. The van der Waals surface area contributed by atoms with Crippen molar-refractivity contribution < 1.29 is 17.6 Å². The van der Waals surface area contributed by atoms with Crippen LogP contribution in [0.15, 0.2) is 18.2 Å². The average Bonchev–Trinajstić information content (AvgIpc) is 3.14. The van der Waals surface area contributed by atoms with Gasteiger partial charge in [0.1, 0.15) is 5.82 Å². The van der Waals surface area contributed by atoms with Crippen LogP contribution < -0.4 is 10.6 Å². The van der Waals surface area contributed by atoms with Crippen molar-refractivity contribution in [1.29, 1.82) is 0 Å². The Balaban J connectivity index is 1.73. The number of sulfone groups is 1. The van der Waals surface area contributed by atoms with E-state index in [0.717, 1.165) is 12.8 Å². The van der Waals surface area contributed by atoms with Crippen molar-refractivity contribution in [2.45, 2.75) is 25.3 Å². The minimum atomic E-state index is -3.10. The lowest BCUT2D eigenvalue weighted by Crippen LogP contribution is -2.24. The Kier molecular flexibility index (Phi) is 3.61. The maximum atomic E-state index is 13.3. The summed E-state index contributed by atoms with van der Waals surface area (Å²) in [7, 11) is -3.10. The normalized spacial score (nSPS) is 23.8. The standard InChI is InChI=1S/C14H17FN2O3S/c15-10-1-4-12(13(7-10)16-11-2-3-11)17-14(18)9-5-6-21(19,20)8-9/h1,4,7,9,11,16H,2-3,5-6,8H2,(H,17,18)/t9-/m1/s1. The lowest BCUT2D eigenvalue weighted by molar-refractivity contribution is -0.119. The molecular formula is C14H17FN2O3S. The molecule has 0 radical (unpaired) electrons. The molecule has 21 heavy (non-hydrogen) atoms. The number of carbonyl (C=O) groups excluding carboxylic acids is 1. The van der Waals surface area contributed by atoms with Crippen LogP contribution in [0.25, 0.3) is 0 Å². The molecule has 1 saturated carbocycles. The Hall–Kier alpha value is -1.63. The summed E-state index contributed by atoms with van der Waals surface area (Å²) in [4.78, 5) is 12.1. The molecule has 1 atom stereocenters. The first-order chi connectivity index (χ1) is 9.93. The number of benzene rings is 1. The van der Waals surface area contributed by atoms with E-state index in [2.05, 4.69) is 10.6 Å². The minimum Gasteiger partial charge on any atom is -0.381 e. The second-order valence-electron chi connectivity index (χ2n) is 5.70. The third-order valence-corrected chi connectivity index (χ3v) is 5.55. The number of nitrogens with one attached hydrogen (secondary N) is 2. The lowest BCUT2D eigenvalue weighted by atomic mass is 10.1. The molecule has 1 amide bonds. The molecule has 5 nitrogen and oxygen atoms in total. The zero-order valence-corrected chi connectivity index (χ0v) is 12.2. The molecule has 1 aliphatic heterocycles. The lowest BCUT2D eigenvalue weighted by Gasteiger charge is -2.15. The summed E-state index contributed by atoms with van der Waals surface area (Å²) in [5.41, 5.74) is 1.05. The average molecular weight is 312 g/mol. The summed E-state index contributed by atoms with van der Waals surface area (Å²) in [5.74, 6) is -1.26. The summed E-state index contributed by atoms with van der Waals surface area (Å²) >= 11 is 0. The Bertz CT molecular complexity index is 671. The highest BCUT2D eigenvalue weighted by atomic mass is 32.2. The fourth-order valence-corrected chi connectivity index (χ4v) is 4.17. The molecule has 0 unspecified atom stereocenters. The molecule has 0 spiro atoms. The molecule has 1 aromatic carbocycles. The van der Waals surface area contributed by atoms with Crippen LogP contribution in [0.5, 0.6) is 0 Å². The van der Waals surface area contributed by atoms with E-state index in [1.54, 1.807) is 0 Å². The topological polar surface area (TPSA) is 75.3 Å². The van der Waals surface area contributed by atoms with E-state index in [1.807, 2.05) is 0 Å². The van der Waals surface area contributed by atoms with E-state index in [0.29, 0.717) is 23.8 Å². The summed E-state index contributed by atoms with van der Waals surface area (Å²) in [6, 6.07) is 4.45. The van der Waals surface area contributed by atoms with Crippen LogP contribution in [-0.4, -0.2) is 31.9 Å². The minimum absolute atomic E-state index is 0.0572. The van der Waals surface area contributed by atoms with Gasteiger partial charge < -0.3 is 10.6 Å². The molecule has 7 heteroatoms. The van der Waals surface area contributed by atoms with E-state index in [9.17, 15) is 17.6 Å². The first-order valence-electron chi connectivity index (χ1n) is 7.00. The second-order valence-corrected chi connectivity index (χ2v) is 7.93. The molecule has 3 rings (SSSR count). The van der Waals surface area contributed by atoms with E-state index >= 15 is 0 Å². The van der Waals surface area contributed by atoms with Crippen molar-refractivity contribution in [3.63, 3.8) is 0 Å². The maximum absolute atomic E-state index is 13.3. The van der Waals surface area contributed by atoms with Gasteiger partial charge in [0.15, 0.2) is 9.84 Å². The fourth-order valence-electron chi connectivity index (χ4n) is 2.43. The Labute approximate surface area is 122 Å². The molecule has 1 saturated heterocycles. The van der Waals surface area contributed by atoms with Gasteiger partial charge in [0.25, 0.3) is 0 Å². The molecule has 2 N–H and O–H groups in total. The Morgan fingerprint density at radius 1 is 1.19 bits per heavy atom. The van der Waals surface area contributed by atoms with Gasteiger partial charge in [-0.15, -0.1) is 0 Å². The van der Waals surface area contributed by atoms with Crippen LogP contribution in [0.4, 0.5) is 15.8 Å². The number of hydrogen-bond donors (Lipinski definition) is 2. The number of amides is 1. The summed E-state index contributed by atoms with van der Waals surface area (Å²) in [6.45, 7) is 0. The van der Waals surface area contributed by atoms with Gasteiger partial charge in [-0.25, -0.2) is 12.8 Å². The molecule has 0 aromatic heterocycles. The number of carbonyl (C=O) groups is 1. The van der Waals surface area contributed by atoms with Gasteiger partial charge in [0.05, 0.1) is 28.8 Å². The zero-order chi connectivity index (χ0) is 15.0. The van der Waals surface area contributed by atoms with Crippen molar-refractivity contribution >= 4 is 27.1 Å². The highest BCUT2D eigenvalue weighted by Gasteiger charge is 2.33. The first-order valence-corrected chi connectivity index (χ1v) is 8.82.